The molecule has 0 aromatic heterocycles. The highest BCUT2D eigenvalue weighted by atomic mass is 16.3. The van der Waals surface area contributed by atoms with Crippen LogP contribution in [-0.2, 0) is 0 Å². The molecule has 0 saturated heterocycles. The average molecular weight is 224 g/mol. The van der Waals surface area contributed by atoms with Gasteiger partial charge in [0.1, 0.15) is 0 Å². The lowest BCUT2D eigenvalue weighted by molar-refractivity contribution is 0.168. The standard InChI is InChI=1S/C14H24O2/c15-7-5-9-1-2-12-10-3-4-13(14(9)12)11(10)6-8-16/h9-16H,1-8H2. The average Bonchev–Trinajstić information content (AvgIpc) is 2.92. The Kier molecular flexibility index (Phi) is 2.97. The molecule has 6 unspecified atom stereocenters. The molecule has 0 amide bonds. The maximum Gasteiger partial charge on any atom is 0.0433 e. The predicted octanol–water partition coefficient (Wildman–Crippen LogP) is 2.05. The Balaban J connectivity index is 1.75. The number of hydrogen-bond acceptors (Lipinski definition) is 2. The van der Waals surface area contributed by atoms with Gasteiger partial charge in [0.2, 0.25) is 0 Å². The third kappa shape index (κ3) is 1.46. The second kappa shape index (κ2) is 4.30. The Bertz CT molecular complexity index is 253. The summed E-state index contributed by atoms with van der Waals surface area (Å²) in [7, 11) is 0. The van der Waals surface area contributed by atoms with Crippen molar-refractivity contribution in [3.05, 3.63) is 0 Å². The van der Waals surface area contributed by atoms with Gasteiger partial charge in [-0.25, -0.2) is 0 Å². The first-order chi connectivity index (χ1) is 7.86. The van der Waals surface area contributed by atoms with Gasteiger partial charge in [-0.2, -0.15) is 0 Å². The molecule has 3 saturated carbocycles. The lowest BCUT2D eigenvalue weighted by Gasteiger charge is -2.28. The minimum absolute atomic E-state index is 0.371. The van der Waals surface area contributed by atoms with Crippen LogP contribution in [0.15, 0.2) is 0 Å². The summed E-state index contributed by atoms with van der Waals surface area (Å²) in [5, 5.41) is 18.3. The van der Waals surface area contributed by atoms with E-state index >= 15 is 0 Å². The van der Waals surface area contributed by atoms with E-state index < -0.39 is 0 Å². The lowest BCUT2D eigenvalue weighted by Crippen LogP contribution is -2.23. The smallest absolute Gasteiger partial charge is 0.0433 e. The van der Waals surface area contributed by atoms with Gasteiger partial charge in [-0.15, -0.1) is 0 Å². The van der Waals surface area contributed by atoms with Gasteiger partial charge in [0.05, 0.1) is 0 Å². The summed E-state index contributed by atoms with van der Waals surface area (Å²) in [5.74, 6) is 5.29. The topological polar surface area (TPSA) is 40.5 Å². The first kappa shape index (κ1) is 11.0. The van der Waals surface area contributed by atoms with Crippen LogP contribution >= 0.6 is 0 Å². The molecule has 0 aromatic carbocycles. The van der Waals surface area contributed by atoms with E-state index in [2.05, 4.69) is 0 Å². The Morgan fingerprint density at radius 3 is 2.19 bits per heavy atom. The van der Waals surface area contributed by atoms with Crippen molar-refractivity contribution in [1.29, 1.82) is 0 Å². The van der Waals surface area contributed by atoms with E-state index in [0.29, 0.717) is 13.2 Å². The van der Waals surface area contributed by atoms with E-state index in [1.54, 1.807) is 0 Å². The highest BCUT2D eigenvalue weighted by Gasteiger charge is 2.57. The SMILES string of the molecule is OCCC1CCC2C3CCC(C3CCO)C12. The number of fused-ring (bicyclic) bond motifs is 5. The summed E-state index contributed by atoms with van der Waals surface area (Å²) in [6, 6.07) is 0. The van der Waals surface area contributed by atoms with E-state index in [-0.39, 0.29) is 0 Å². The van der Waals surface area contributed by atoms with Crippen molar-refractivity contribution < 1.29 is 10.2 Å². The van der Waals surface area contributed by atoms with Crippen LogP contribution < -0.4 is 0 Å². The monoisotopic (exact) mass is 224 g/mol. The van der Waals surface area contributed by atoms with Crippen LogP contribution in [0.25, 0.3) is 0 Å². The number of rotatable bonds is 4. The molecule has 0 radical (unpaired) electrons. The fourth-order valence-corrected chi connectivity index (χ4v) is 5.53. The first-order valence-electron chi connectivity index (χ1n) is 7.08. The maximum absolute atomic E-state index is 9.18. The molecule has 3 fully saturated rings. The highest BCUT2D eigenvalue weighted by Crippen LogP contribution is 2.64. The zero-order valence-electron chi connectivity index (χ0n) is 10.0. The van der Waals surface area contributed by atoms with Crippen molar-refractivity contribution in [3.63, 3.8) is 0 Å². The van der Waals surface area contributed by atoms with Gasteiger partial charge in [0, 0.05) is 13.2 Å². The highest BCUT2D eigenvalue weighted by molar-refractivity contribution is 5.06. The normalized spacial score (nSPS) is 49.9. The van der Waals surface area contributed by atoms with Crippen LogP contribution in [0, 0.1) is 35.5 Å². The number of aliphatic hydroxyl groups excluding tert-OH is 2. The van der Waals surface area contributed by atoms with Gasteiger partial charge in [-0.05, 0) is 74.0 Å². The molecule has 2 N–H and O–H groups in total. The van der Waals surface area contributed by atoms with Gasteiger partial charge in [0.15, 0.2) is 0 Å². The molecule has 16 heavy (non-hydrogen) atoms. The molecule has 0 spiro atoms. The summed E-state index contributed by atoms with van der Waals surface area (Å²) < 4.78 is 0. The summed E-state index contributed by atoms with van der Waals surface area (Å²) in [6.07, 6.45) is 7.64. The zero-order chi connectivity index (χ0) is 11.1. The second-order valence-electron chi connectivity index (χ2n) is 6.17. The molecule has 0 aromatic rings. The Labute approximate surface area is 98.1 Å². The molecule has 0 aliphatic heterocycles. The molecule has 6 atom stereocenters. The molecule has 92 valence electrons. The number of hydrogen-bond donors (Lipinski definition) is 2. The van der Waals surface area contributed by atoms with Gasteiger partial charge < -0.3 is 10.2 Å². The summed E-state index contributed by atoms with van der Waals surface area (Å²) in [6.45, 7) is 0.748. The third-order valence-corrected chi connectivity index (χ3v) is 5.85. The van der Waals surface area contributed by atoms with Crippen molar-refractivity contribution in [3.8, 4) is 0 Å². The van der Waals surface area contributed by atoms with E-state index in [1.165, 1.54) is 25.7 Å². The molecule has 3 aliphatic carbocycles. The summed E-state index contributed by atoms with van der Waals surface area (Å²) in [4.78, 5) is 0. The molecular formula is C14H24O2. The van der Waals surface area contributed by atoms with Gasteiger partial charge >= 0.3 is 0 Å². The van der Waals surface area contributed by atoms with Crippen molar-refractivity contribution in [2.45, 2.75) is 38.5 Å². The molecule has 0 heterocycles. The Morgan fingerprint density at radius 2 is 1.44 bits per heavy atom. The van der Waals surface area contributed by atoms with Crippen molar-refractivity contribution in [1.82, 2.24) is 0 Å². The van der Waals surface area contributed by atoms with E-state index in [1.807, 2.05) is 0 Å². The van der Waals surface area contributed by atoms with Crippen LogP contribution in [0.4, 0.5) is 0 Å². The molecular weight excluding hydrogens is 200 g/mol. The lowest BCUT2D eigenvalue weighted by atomic mass is 9.77. The molecule has 2 nitrogen and oxygen atoms in total. The first-order valence-corrected chi connectivity index (χ1v) is 7.08. The van der Waals surface area contributed by atoms with Crippen molar-refractivity contribution >= 4 is 0 Å². The minimum Gasteiger partial charge on any atom is -0.396 e. The zero-order valence-corrected chi connectivity index (χ0v) is 10.0. The molecule has 3 aliphatic rings. The molecule has 2 bridgehead atoms. The third-order valence-electron chi connectivity index (χ3n) is 5.85. The quantitative estimate of drug-likeness (QED) is 0.767. The Hall–Kier alpha value is -0.0800. The van der Waals surface area contributed by atoms with Crippen LogP contribution in [0.3, 0.4) is 0 Å². The summed E-state index contributed by atoms with van der Waals surface area (Å²) in [5.41, 5.74) is 0. The number of aliphatic hydroxyl groups is 2. The van der Waals surface area contributed by atoms with E-state index in [9.17, 15) is 5.11 Å². The van der Waals surface area contributed by atoms with Crippen LogP contribution in [0.1, 0.15) is 38.5 Å². The second-order valence-corrected chi connectivity index (χ2v) is 6.17. The maximum atomic E-state index is 9.18. The predicted molar refractivity (Wildman–Crippen MR) is 62.8 cm³/mol. The van der Waals surface area contributed by atoms with Crippen molar-refractivity contribution in [2.75, 3.05) is 13.2 Å². The fraction of sp³-hybridized carbons (Fsp3) is 1.00. The van der Waals surface area contributed by atoms with Gasteiger partial charge in [-0.1, -0.05) is 0 Å². The van der Waals surface area contributed by atoms with Crippen LogP contribution in [0.5, 0.6) is 0 Å². The minimum atomic E-state index is 0.371. The fourth-order valence-electron chi connectivity index (χ4n) is 5.53. The largest absolute Gasteiger partial charge is 0.396 e. The van der Waals surface area contributed by atoms with E-state index in [4.69, 9.17) is 5.11 Å². The summed E-state index contributed by atoms with van der Waals surface area (Å²) >= 11 is 0. The Morgan fingerprint density at radius 1 is 0.750 bits per heavy atom. The van der Waals surface area contributed by atoms with Gasteiger partial charge in [0.25, 0.3) is 0 Å². The molecule has 2 heteroatoms. The van der Waals surface area contributed by atoms with Gasteiger partial charge in [-0.3, -0.25) is 0 Å². The van der Waals surface area contributed by atoms with E-state index in [0.717, 1.165) is 48.3 Å². The van der Waals surface area contributed by atoms with Crippen molar-refractivity contribution in [2.24, 2.45) is 35.5 Å². The van der Waals surface area contributed by atoms with Crippen LogP contribution in [-0.4, -0.2) is 23.4 Å². The molecule has 3 rings (SSSR count). The van der Waals surface area contributed by atoms with Crippen LogP contribution in [0.2, 0.25) is 0 Å².